The fraction of sp³-hybridized carbons (Fsp3) is 0.611. The minimum absolute atomic E-state index is 0. The maximum absolute atomic E-state index is 5.67. The summed E-state index contributed by atoms with van der Waals surface area (Å²) in [6.07, 6.45) is 4.65. The summed E-state index contributed by atoms with van der Waals surface area (Å²) in [5, 5.41) is 3.34. The lowest BCUT2D eigenvalue weighted by molar-refractivity contribution is 0.0190. The lowest BCUT2D eigenvalue weighted by atomic mass is 10.2. The van der Waals surface area contributed by atoms with Gasteiger partial charge in [-0.1, -0.05) is 12.1 Å². The van der Waals surface area contributed by atoms with Gasteiger partial charge in [-0.15, -0.1) is 35.7 Å². The van der Waals surface area contributed by atoms with Crippen LogP contribution in [0.25, 0.3) is 0 Å². The first kappa shape index (κ1) is 22.5. The van der Waals surface area contributed by atoms with Gasteiger partial charge in [-0.05, 0) is 36.8 Å². The van der Waals surface area contributed by atoms with E-state index in [2.05, 4.69) is 45.7 Å². The fourth-order valence-corrected chi connectivity index (χ4v) is 3.10. The van der Waals surface area contributed by atoms with Crippen molar-refractivity contribution in [2.75, 3.05) is 46.7 Å². The molecule has 1 saturated heterocycles. The summed E-state index contributed by atoms with van der Waals surface area (Å²) in [6.45, 7) is 3.80. The highest BCUT2D eigenvalue weighted by atomic mass is 127. The third kappa shape index (κ3) is 8.15. The van der Waals surface area contributed by atoms with Crippen molar-refractivity contribution in [3.63, 3.8) is 0 Å². The van der Waals surface area contributed by atoms with Gasteiger partial charge >= 0.3 is 0 Å². The lowest BCUT2D eigenvalue weighted by Gasteiger charge is -2.22. The molecule has 0 amide bonds. The Morgan fingerprint density at radius 3 is 2.76 bits per heavy atom. The van der Waals surface area contributed by atoms with E-state index in [0.29, 0.717) is 13.2 Å². The van der Waals surface area contributed by atoms with Crippen molar-refractivity contribution in [2.45, 2.75) is 30.4 Å². The minimum atomic E-state index is 0. The molecule has 5 nitrogen and oxygen atoms in total. The zero-order chi connectivity index (χ0) is 17.2. The third-order valence-electron chi connectivity index (χ3n) is 4.01. The molecular formula is C18H30IN3O2S. The number of nitrogens with zero attached hydrogens (tertiary/aromatic N) is 2. The third-order valence-corrected chi connectivity index (χ3v) is 4.75. The summed E-state index contributed by atoms with van der Waals surface area (Å²) in [4.78, 5) is 7.74. The minimum Gasteiger partial charge on any atom is -0.377 e. The molecule has 1 aromatic rings. The van der Waals surface area contributed by atoms with Crippen LogP contribution in [0.5, 0.6) is 0 Å². The number of rotatable bonds is 8. The van der Waals surface area contributed by atoms with E-state index in [4.69, 9.17) is 9.47 Å². The summed E-state index contributed by atoms with van der Waals surface area (Å²) >= 11 is 1.76. The van der Waals surface area contributed by atoms with Crippen molar-refractivity contribution >= 4 is 41.7 Å². The molecule has 25 heavy (non-hydrogen) atoms. The van der Waals surface area contributed by atoms with E-state index in [1.807, 2.05) is 14.1 Å². The van der Waals surface area contributed by atoms with Crippen molar-refractivity contribution in [1.82, 2.24) is 10.2 Å². The monoisotopic (exact) mass is 479 g/mol. The Bertz CT molecular complexity index is 508. The summed E-state index contributed by atoms with van der Waals surface area (Å²) in [5.41, 5.74) is 1.27. The molecule has 1 aliphatic rings. The molecule has 1 unspecified atom stereocenters. The van der Waals surface area contributed by atoms with Gasteiger partial charge in [0.05, 0.1) is 19.3 Å². The van der Waals surface area contributed by atoms with E-state index in [1.165, 1.54) is 10.5 Å². The molecule has 0 aromatic heterocycles. The molecule has 0 aliphatic carbocycles. The van der Waals surface area contributed by atoms with Gasteiger partial charge in [-0.3, -0.25) is 4.99 Å². The molecule has 1 atom stereocenters. The van der Waals surface area contributed by atoms with E-state index in [1.54, 1.807) is 11.8 Å². The number of ether oxygens (including phenoxy) is 2. The zero-order valence-corrected chi connectivity index (χ0v) is 18.5. The van der Waals surface area contributed by atoms with Crippen LogP contribution in [0.1, 0.15) is 18.4 Å². The Kier molecular flexibility index (Phi) is 11.5. The van der Waals surface area contributed by atoms with Crippen LogP contribution in [0.4, 0.5) is 0 Å². The Labute approximate surface area is 173 Å². The second kappa shape index (κ2) is 12.8. The van der Waals surface area contributed by atoms with Crippen LogP contribution in [0.3, 0.4) is 0 Å². The largest absolute Gasteiger partial charge is 0.377 e. The van der Waals surface area contributed by atoms with Crippen LogP contribution in [-0.4, -0.2) is 63.7 Å². The summed E-state index contributed by atoms with van der Waals surface area (Å²) in [7, 11) is 3.86. The predicted octanol–water partition coefficient (Wildman–Crippen LogP) is 3.23. The predicted molar refractivity (Wildman–Crippen MR) is 116 cm³/mol. The molecule has 1 aromatic carbocycles. The summed E-state index contributed by atoms with van der Waals surface area (Å²) in [5.74, 6) is 0.879. The number of thioether (sulfide) groups is 1. The van der Waals surface area contributed by atoms with Gasteiger partial charge < -0.3 is 19.7 Å². The summed E-state index contributed by atoms with van der Waals surface area (Å²) < 4.78 is 11.2. The number of aliphatic imine (C=N–C) groups is 1. The SMILES string of the molecule is CN=C(NCCOCC1CCCO1)N(C)Cc1ccc(SC)cc1.I. The van der Waals surface area contributed by atoms with Crippen LogP contribution < -0.4 is 5.32 Å². The number of guanidine groups is 1. The van der Waals surface area contributed by atoms with Crippen molar-refractivity contribution in [1.29, 1.82) is 0 Å². The van der Waals surface area contributed by atoms with E-state index in [0.717, 1.165) is 38.5 Å². The number of halogens is 1. The van der Waals surface area contributed by atoms with Gasteiger partial charge in [0.1, 0.15) is 0 Å². The van der Waals surface area contributed by atoms with E-state index in [9.17, 15) is 0 Å². The second-order valence-corrected chi connectivity index (χ2v) is 6.77. The quantitative estimate of drug-likeness (QED) is 0.204. The molecule has 2 rings (SSSR count). The van der Waals surface area contributed by atoms with Crippen molar-refractivity contribution in [2.24, 2.45) is 4.99 Å². The van der Waals surface area contributed by atoms with E-state index in [-0.39, 0.29) is 30.1 Å². The lowest BCUT2D eigenvalue weighted by Crippen LogP contribution is -2.40. The number of benzene rings is 1. The summed E-state index contributed by atoms with van der Waals surface area (Å²) in [6, 6.07) is 8.65. The van der Waals surface area contributed by atoms with Crippen LogP contribution >= 0.6 is 35.7 Å². The van der Waals surface area contributed by atoms with Crippen molar-refractivity contribution in [3.05, 3.63) is 29.8 Å². The Morgan fingerprint density at radius 2 is 2.16 bits per heavy atom. The molecule has 0 spiro atoms. The first-order valence-corrected chi connectivity index (χ1v) is 9.69. The standard InChI is InChI=1S/C18H29N3O2S.HI/c1-19-18(20-10-12-22-14-16-5-4-11-23-16)21(2)13-15-6-8-17(24-3)9-7-15;/h6-9,16H,4-5,10-14H2,1-3H3,(H,19,20);1H. The van der Waals surface area contributed by atoms with Crippen molar-refractivity contribution < 1.29 is 9.47 Å². The van der Waals surface area contributed by atoms with Crippen LogP contribution in [-0.2, 0) is 16.0 Å². The van der Waals surface area contributed by atoms with Crippen molar-refractivity contribution in [3.8, 4) is 0 Å². The molecule has 142 valence electrons. The molecule has 1 N–H and O–H groups in total. The van der Waals surface area contributed by atoms with Gasteiger partial charge in [-0.25, -0.2) is 0 Å². The highest BCUT2D eigenvalue weighted by molar-refractivity contribution is 14.0. The van der Waals surface area contributed by atoms with E-state index >= 15 is 0 Å². The second-order valence-electron chi connectivity index (χ2n) is 5.89. The fourth-order valence-electron chi connectivity index (χ4n) is 2.69. The Balaban J connectivity index is 0.00000312. The van der Waals surface area contributed by atoms with Gasteiger partial charge in [0, 0.05) is 38.7 Å². The first-order chi connectivity index (χ1) is 11.7. The molecular weight excluding hydrogens is 449 g/mol. The highest BCUT2D eigenvalue weighted by Crippen LogP contribution is 2.15. The molecule has 7 heteroatoms. The first-order valence-electron chi connectivity index (χ1n) is 8.47. The van der Waals surface area contributed by atoms with Gasteiger partial charge in [0.25, 0.3) is 0 Å². The molecule has 0 bridgehead atoms. The number of nitrogens with one attached hydrogen (secondary N) is 1. The van der Waals surface area contributed by atoms with Gasteiger partial charge in [0.15, 0.2) is 5.96 Å². The molecule has 1 aliphatic heterocycles. The molecule has 1 fully saturated rings. The number of hydrogen-bond donors (Lipinski definition) is 1. The average Bonchev–Trinajstić information content (AvgIpc) is 3.12. The molecule has 1 heterocycles. The van der Waals surface area contributed by atoms with E-state index < -0.39 is 0 Å². The van der Waals surface area contributed by atoms with Crippen LogP contribution in [0.15, 0.2) is 34.2 Å². The van der Waals surface area contributed by atoms with Gasteiger partial charge in [-0.2, -0.15) is 0 Å². The zero-order valence-electron chi connectivity index (χ0n) is 15.4. The topological polar surface area (TPSA) is 46.1 Å². The Morgan fingerprint density at radius 1 is 1.40 bits per heavy atom. The normalized spacial score (nSPS) is 17.2. The Hall–Kier alpha value is -0.510. The van der Waals surface area contributed by atoms with Gasteiger partial charge in [0.2, 0.25) is 0 Å². The molecule has 0 radical (unpaired) electrons. The average molecular weight is 479 g/mol. The maximum Gasteiger partial charge on any atom is 0.193 e. The highest BCUT2D eigenvalue weighted by Gasteiger charge is 2.15. The maximum atomic E-state index is 5.67. The number of hydrogen-bond acceptors (Lipinski definition) is 4. The van der Waals surface area contributed by atoms with Crippen LogP contribution in [0.2, 0.25) is 0 Å². The van der Waals surface area contributed by atoms with Crippen LogP contribution in [0, 0.1) is 0 Å². The smallest absolute Gasteiger partial charge is 0.193 e. The molecule has 0 saturated carbocycles.